The molecule has 0 bridgehead atoms. The van der Waals surface area contributed by atoms with E-state index >= 15 is 0 Å². The molecular formula is C18H29N3O2. The molecule has 1 heterocycles. The Morgan fingerprint density at radius 2 is 2.22 bits per heavy atom. The number of carbonyl (C=O) groups is 1. The van der Waals surface area contributed by atoms with Crippen LogP contribution in [0.25, 0.3) is 0 Å². The maximum atomic E-state index is 12.4. The third-order valence-corrected chi connectivity index (χ3v) is 4.80. The van der Waals surface area contributed by atoms with Crippen molar-refractivity contribution >= 4 is 11.6 Å². The van der Waals surface area contributed by atoms with Gasteiger partial charge in [-0.15, -0.1) is 0 Å². The molecule has 0 radical (unpaired) electrons. The smallest absolute Gasteiger partial charge is 0.256 e. The topological polar surface area (TPSA) is 67.6 Å². The van der Waals surface area contributed by atoms with E-state index in [1.807, 2.05) is 12.1 Å². The van der Waals surface area contributed by atoms with Crippen LogP contribution in [0, 0.1) is 0 Å². The molecule has 0 spiro atoms. The van der Waals surface area contributed by atoms with Crippen molar-refractivity contribution < 1.29 is 9.53 Å². The van der Waals surface area contributed by atoms with Crippen molar-refractivity contribution in [3.63, 3.8) is 0 Å². The normalized spacial score (nSPS) is 20.6. The average Bonchev–Trinajstić information content (AvgIpc) is 2.51. The second-order valence-corrected chi connectivity index (χ2v) is 7.03. The summed E-state index contributed by atoms with van der Waals surface area (Å²) in [5.74, 6) is 6.56. The number of methoxy groups -OCH3 is 1. The van der Waals surface area contributed by atoms with Crippen LogP contribution in [-0.2, 0) is 4.79 Å². The van der Waals surface area contributed by atoms with Gasteiger partial charge in [0.1, 0.15) is 11.8 Å². The number of hydrazine groups is 1. The van der Waals surface area contributed by atoms with E-state index in [0.717, 1.165) is 30.7 Å². The Kier molecular flexibility index (Phi) is 5.19. The maximum absolute atomic E-state index is 12.4. The standard InChI is InChI=1S/C18H29N3O2/c1-6-7-15(17(22)20-19)21-16-10-13(23-5)8-9-14(16)12(2)11-18(21,3)4/h8-10,12,15H,6-7,11,19H2,1-5H3,(H,20,22)/t12-,15+/m0/s1. The zero-order valence-electron chi connectivity index (χ0n) is 14.8. The number of nitrogens with two attached hydrogens (primary N) is 1. The Labute approximate surface area is 139 Å². The maximum Gasteiger partial charge on any atom is 0.256 e. The fourth-order valence-corrected chi connectivity index (χ4v) is 3.90. The summed E-state index contributed by atoms with van der Waals surface area (Å²) < 4.78 is 5.41. The Bertz CT molecular complexity index is 571. The lowest BCUT2D eigenvalue weighted by Crippen LogP contribution is -2.59. The van der Waals surface area contributed by atoms with Gasteiger partial charge in [0, 0.05) is 17.3 Å². The second kappa shape index (κ2) is 6.79. The zero-order valence-corrected chi connectivity index (χ0v) is 14.8. The molecule has 1 aromatic carbocycles. The van der Waals surface area contributed by atoms with E-state index in [-0.39, 0.29) is 17.5 Å². The summed E-state index contributed by atoms with van der Waals surface area (Å²) in [4.78, 5) is 14.7. The van der Waals surface area contributed by atoms with E-state index in [9.17, 15) is 4.79 Å². The largest absolute Gasteiger partial charge is 0.497 e. The first kappa shape index (κ1) is 17.6. The van der Waals surface area contributed by atoms with Crippen molar-refractivity contribution in [3.8, 4) is 5.75 Å². The van der Waals surface area contributed by atoms with Gasteiger partial charge in [0.25, 0.3) is 5.91 Å². The van der Waals surface area contributed by atoms with Crippen molar-refractivity contribution in [1.82, 2.24) is 5.43 Å². The number of nitrogens with zero attached hydrogens (tertiary/aromatic N) is 1. The van der Waals surface area contributed by atoms with E-state index in [1.165, 1.54) is 5.56 Å². The lowest BCUT2D eigenvalue weighted by atomic mass is 9.78. The molecule has 5 heteroatoms. The quantitative estimate of drug-likeness (QED) is 0.497. The molecule has 0 fully saturated rings. The van der Waals surface area contributed by atoms with Crippen molar-refractivity contribution in [3.05, 3.63) is 23.8 Å². The highest BCUT2D eigenvalue weighted by molar-refractivity contribution is 5.86. The molecule has 23 heavy (non-hydrogen) atoms. The second-order valence-electron chi connectivity index (χ2n) is 7.03. The molecule has 0 saturated carbocycles. The van der Waals surface area contributed by atoms with Gasteiger partial charge in [0.15, 0.2) is 0 Å². The monoisotopic (exact) mass is 319 g/mol. The zero-order chi connectivity index (χ0) is 17.2. The predicted octanol–water partition coefficient (Wildman–Crippen LogP) is 2.95. The average molecular weight is 319 g/mol. The molecule has 2 atom stereocenters. The SMILES string of the molecule is CCC[C@H](C(=O)NN)N1c2cc(OC)ccc2[C@@H](C)CC1(C)C. The van der Waals surface area contributed by atoms with Gasteiger partial charge in [-0.1, -0.05) is 26.3 Å². The molecule has 1 amide bonds. The summed E-state index contributed by atoms with van der Waals surface area (Å²) in [5.41, 5.74) is 4.55. The molecule has 128 valence electrons. The van der Waals surface area contributed by atoms with Gasteiger partial charge in [-0.3, -0.25) is 10.2 Å². The highest BCUT2D eigenvalue weighted by atomic mass is 16.5. The number of nitrogens with one attached hydrogen (secondary N) is 1. The predicted molar refractivity (Wildman–Crippen MR) is 93.6 cm³/mol. The summed E-state index contributed by atoms with van der Waals surface area (Å²) in [7, 11) is 1.67. The summed E-state index contributed by atoms with van der Waals surface area (Å²) >= 11 is 0. The number of rotatable bonds is 5. The molecule has 1 aromatic rings. The number of carbonyl (C=O) groups excluding carboxylic acids is 1. The molecule has 0 unspecified atom stereocenters. The molecule has 0 saturated heterocycles. The first-order valence-corrected chi connectivity index (χ1v) is 8.33. The van der Waals surface area contributed by atoms with E-state index < -0.39 is 0 Å². The van der Waals surface area contributed by atoms with Gasteiger partial charge in [-0.25, -0.2) is 5.84 Å². The van der Waals surface area contributed by atoms with Gasteiger partial charge in [-0.05, 0) is 44.2 Å². The molecule has 0 aromatic heterocycles. The number of amides is 1. The highest BCUT2D eigenvalue weighted by Crippen LogP contribution is 2.46. The first-order chi connectivity index (χ1) is 10.9. The molecular weight excluding hydrogens is 290 g/mol. The van der Waals surface area contributed by atoms with Gasteiger partial charge in [0.05, 0.1) is 7.11 Å². The molecule has 5 nitrogen and oxygen atoms in total. The number of hydrogen-bond donors (Lipinski definition) is 2. The van der Waals surface area contributed by atoms with E-state index in [4.69, 9.17) is 10.6 Å². The molecule has 1 aliphatic rings. The van der Waals surface area contributed by atoms with Gasteiger partial charge in [0.2, 0.25) is 0 Å². The first-order valence-electron chi connectivity index (χ1n) is 8.33. The summed E-state index contributed by atoms with van der Waals surface area (Å²) in [5, 5.41) is 0. The minimum atomic E-state index is -0.279. The van der Waals surface area contributed by atoms with E-state index in [2.05, 4.69) is 44.1 Å². The highest BCUT2D eigenvalue weighted by Gasteiger charge is 2.42. The van der Waals surface area contributed by atoms with E-state index in [1.54, 1.807) is 7.11 Å². The van der Waals surface area contributed by atoms with Crippen LogP contribution in [0.15, 0.2) is 18.2 Å². The lowest BCUT2D eigenvalue weighted by Gasteiger charge is -2.50. The van der Waals surface area contributed by atoms with Gasteiger partial charge in [-0.2, -0.15) is 0 Å². The Morgan fingerprint density at radius 1 is 1.52 bits per heavy atom. The van der Waals surface area contributed by atoms with Crippen LogP contribution in [0.4, 0.5) is 5.69 Å². The summed E-state index contributed by atoms with van der Waals surface area (Å²) in [6, 6.07) is 5.87. The summed E-state index contributed by atoms with van der Waals surface area (Å²) in [6.07, 6.45) is 2.67. The number of benzene rings is 1. The van der Waals surface area contributed by atoms with Crippen molar-refractivity contribution in [1.29, 1.82) is 0 Å². The van der Waals surface area contributed by atoms with Crippen LogP contribution < -0.4 is 20.9 Å². The Hall–Kier alpha value is -1.75. The number of ether oxygens (including phenoxy) is 1. The van der Waals surface area contributed by atoms with Crippen LogP contribution in [0.5, 0.6) is 5.75 Å². The number of hydrogen-bond acceptors (Lipinski definition) is 4. The van der Waals surface area contributed by atoms with Crippen molar-refractivity contribution in [2.24, 2.45) is 5.84 Å². The Balaban J connectivity index is 2.59. The lowest BCUT2D eigenvalue weighted by molar-refractivity contribution is -0.123. The van der Waals surface area contributed by atoms with Crippen LogP contribution in [-0.4, -0.2) is 24.6 Å². The molecule has 0 aliphatic carbocycles. The van der Waals surface area contributed by atoms with Crippen LogP contribution >= 0.6 is 0 Å². The fraction of sp³-hybridized carbons (Fsp3) is 0.611. The van der Waals surface area contributed by atoms with Crippen molar-refractivity contribution in [2.45, 2.75) is 64.5 Å². The van der Waals surface area contributed by atoms with E-state index in [0.29, 0.717) is 5.92 Å². The Morgan fingerprint density at radius 3 is 2.78 bits per heavy atom. The number of anilines is 1. The summed E-state index contributed by atoms with van der Waals surface area (Å²) in [6.45, 7) is 8.71. The fourth-order valence-electron chi connectivity index (χ4n) is 3.90. The molecule has 1 aliphatic heterocycles. The van der Waals surface area contributed by atoms with Crippen LogP contribution in [0.1, 0.15) is 58.4 Å². The minimum absolute atomic E-state index is 0.134. The van der Waals surface area contributed by atoms with Crippen LogP contribution in [0.3, 0.4) is 0 Å². The molecule has 3 N–H and O–H groups in total. The molecule has 2 rings (SSSR count). The third kappa shape index (κ3) is 3.29. The number of fused-ring (bicyclic) bond motifs is 1. The van der Waals surface area contributed by atoms with Crippen molar-refractivity contribution in [2.75, 3.05) is 12.0 Å². The minimum Gasteiger partial charge on any atom is -0.497 e. The van der Waals surface area contributed by atoms with Crippen LogP contribution in [0.2, 0.25) is 0 Å². The third-order valence-electron chi connectivity index (χ3n) is 4.80. The van der Waals surface area contributed by atoms with Gasteiger partial charge < -0.3 is 9.64 Å². The van der Waals surface area contributed by atoms with Gasteiger partial charge >= 0.3 is 0 Å².